The monoisotopic (exact) mass is 183 g/mol. The molecule has 0 amide bonds. The molecule has 3 heteroatoms. The average Bonchev–Trinajstić information content (AvgIpc) is 2.55. The SMILES string of the molecule is CN1CC2C(CCN)CN(C)C2C1. The van der Waals surface area contributed by atoms with E-state index in [1.54, 1.807) is 0 Å². The van der Waals surface area contributed by atoms with Crippen LogP contribution in [-0.4, -0.2) is 56.1 Å². The van der Waals surface area contributed by atoms with Crippen molar-refractivity contribution >= 4 is 0 Å². The fourth-order valence-electron chi connectivity index (χ4n) is 3.10. The third kappa shape index (κ3) is 1.60. The number of nitrogens with two attached hydrogens (primary N) is 1. The Balaban J connectivity index is 2.01. The van der Waals surface area contributed by atoms with Gasteiger partial charge < -0.3 is 15.5 Å². The molecule has 2 heterocycles. The zero-order chi connectivity index (χ0) is 9.42. The Kier molecular flexibility index (Phi) is 2.58. The van der Waals surface area contributed by atoms with Crippen LogP contribution in [0.4, 0.5) is 0 Å². The Morgan fingerprint density at radius 3 is 2.69 bits per heavy atom. The second kappa shape index (κ2) is 3.56. The van der Waals surface area contributed by atoms with E-state index in [2.05, 4.69) is 23.9 Å². The van der Waals surface area contributed by atoms with Gasteiger partial charge in [0.2, 0.25) is 0 Å². The summed E-state index contributed by atoms with van der Waals surface area (Å²) in [6, 6.07) is 0.807. The van der Waals surface area contributed by atoms with Crippen LogP contribution in [0.3, 0.4) is 0 Å². The van der Waals surface area contributed by atoms with Crippen molar-refractivity contribution in [1.82, 2.24) is 9.80 Å². The van der Waals surface area contributed by atoms with Gasteiger partial charge in [0.25, 0.3) is 0 Å². The average molecular weight is 183 g/mol. The van der Waals surface area contributed by atoms with Crippen molar-refractivity contribution in [3.63, 3.8) is 0 Å². The van der Waals surface area contributed by atoms with E-state index in [1.807, 2.05) is 0 Å². The molecule has 0 aromatic rings. The topological polar surface area (TPSA) is 32.5 Å². The summed E-state index contributed by atoms with van der Waals surface area (Å²) in [5.74, 6) is 1.74. The predicted octanol–water partition coefficient (Wildman–Crippen LogP) is -0.173. The van der Waals surface area contributed by atoms with Crippen molar-refractivity contribution in [2.45, 2.75) is 12.5 Å². The molecule has 3 nitrogen and oxygen atoms in total. The summed E-state index contributed by atoms with van der Waals surface area (Å²) in [5.41, 5.74) is 5.64. The first-order valence-electron chi connectivity index (χ1n) is 5.31. The third-order valence-corrected chi connectivity index (χ3v) is 3.75. The number of rotatable bonds is 2. The van der Waals surface area contributed by atoms with E-state index in [1.165, 1.54) is 26.1 Å². The summed E-state index contributed by atoms with van der Waals surface area (Å²) in [6.45, 7) is 4.65. The highest BCUT2D eigenvalue weighted by molar-refractivity contribution is 4.98. The smallest absolute Gasteiger partial charge is 0.0263 e. The van der Waals surface area contributed by atoms with Gasteiger partial charge in [-0.15, -0.1) is 0 Å². The molecule has 2 aliphatic rings. The van der Waals surface area contributed by atoms with Crippen molar-refractivity contribution in [2.75, 3.05) is 40.3 Å². The molecule has 0 bridgehead atoms. The lowest BCUT2D eigenvalue weighted by Crippen LogP contribution is -2.30. The van der Waals surface area contributed by atoms with Crippen LogP contribution in [0.2, 0.25) is 0 Å². The number of likely N-dealkylation sites (N-methyl/N-ethyl adjacent to an activating group) is 2. The van der Waals surface area contributed by atoms with Crippen molar-refractivity contribution in [3.05, 3.63) is 0 Å². The highest BCUT2D eigenvalue weighted by atomic mass is 15.3. The number of likely N-dealkylation sites (tertiary alicyclic amines) is 2. The minimum absolute atomic E-state index is 0.807. The van der Waals surface area contributed by atoms with Gasteiger partial charge in [-0.25, -0.2) is 0 Å². The molecule has 0 saturated carbocycles. The summed E-state index contributed by atoms with van der Waals surface area (Å²) in [6.07, 6.45) is 1.21. The Morgan fingerprint density at radius 1 is 1.23 bits per heavy atom. The highest BCUT2D eigenvalue weighted by Gasteiger charge is 2.43. The maximum Gasteiger partial charge on any atom is 0.0263 e. The van der Waals surface area contributed by atoms with Crippen molar-refractivity contribution in [1.29, 1.82) is 0 Å². The first kappa shape index (κ1) is 9.44. The second-order valence-electron chi connectivity index (χ2n) is 4.73. The fraction of sp³-hybridized carbons (Fsp3) is 1.00. The van der Waals surface area contributed by atoms with Crippen molar-refractivity contribution < 1.29 is 0 Å². The molecule has 2 rings (SSSR count). The maximum absolute atomic E-state index is 5.64. The van der Waals surface area contributed by atoms with Crippen LogP contribution in [-0.2, 0) is 0 Å². The van der Waals surface area contributed by atoms with E-state index >= 15 is 0 Å². The summed E-state index contributed by atoms with van der Waals surface area (Å²) < 4.78 is 0. The summed E-state index contributed by atoms with van der Waals surface area (Å²) in [7, 11) is 4.49. The van der Waals surface area contributed by atoms with Gasteiger partial charge in [-0.05, 0) is 38.9 Å². The minimum Gasteiger partial charge on any atom is -0.330 e. The molecule has 76 valence electrons. The molecule has 0 aliphatic carbocycles. The first-order chi connectivity index (χ1) is 6.22. The lowest BCUT2D eigenvalue weighted by atomic mass is 9.90. The van der Waals surface area contributed by atoms with Gasteiger partial charge in [0.15, 0.2) is 0 Å². The summed E-state index contributed by atoms with van der Waals surface area (Å²) >= 11 is 0. The molecule has 0 radical (unpaired) electrons. The van der Waals surface area contributed by atoms with Gasteiger partial charge in [0.05, 0.1) is 0 Å². The van der Waals surface area contributed by atoms with E-state index < -0.39 is 0 Å². The zero-order valence-electron chi connectivity index (χ0n) is 8.74. The van der Waals surface area contributed by atoms with Crippen LogP contribution >= 0.6 is 0 Å². The van der Waals surface area contributed by atoms with E-state index in [-0.39, 0.29) is 0 Å². The molecule has 3 atom stereocenters. The van der Waals surface area contributed by atoms with Gasteiger partial charge in [0.1, 0.15) is 0 Å². The Hall–Kier alpha value is -0.120. The van der Waals surface area contributed by atoms with Gasteiger partial charge in [-0.3, -0.25) is 0 Å². The summed E-state index contributed by atoms with van der Waals surface area (Å²) in [5, 5.41) is 0. The van der Waals surface area contributed by atoms with Crippen LogP contribution in [0.1, 0.15) is 6.42 Å². The lowest BCUT2D eigenvalue weighted by Gasteiger charge is -2.18. The molecule has 2 fully saturated rings. The molecular formula is C10H21N3. The number of hydrogen-bond acceptors (Lipinski definition) is 3. The molecule has 13 heavy (non-hydrogen) atoms. The quantitative estimate of drug-likeness (QED) is 0.645. The van der Waals surface area contributed by atoms with Crippen LogP contribution < -0.4 is 5.73 Å². The fourth-order valence-corrected chi connectivity index (χ4v) is 3.10. The number of nitrogens with zero attached hydrogens (tertiary/aromatic N) is 2. The zero-order valence-corrected chi connectivity index (χ0v) is 8.74. The van der Waals surface area contributed by atoms with E-state index in [0.29, 0.717) is 0 Å². The maximum atomic E-state index is 5.64. The van der Waals surface area contributed by atoms with Gasteiger partial charge in [-0.2, -0.15) is 0 Å². The van der Waals surface area contributed by atoms with Crippen molar-refractivity contribution in [3.8, 4) is 0 Å². The summed E-state index contributed by atoms with van der Waals surface area (Å²) in [4.78, 5) is 4.98. The molecule has 3 unspecified atom stereocenters. The standard InChI is InChI=1S/C10H21N3/c1-12-6-9-8(3-4-11)5-13(2)10(9)7-12/h8-10H,3-7,11H2,1-2H3. The minimum atomic E-state index is 0.807. The van der Waals surface area contributed by atoms with Crippen LogP contribution in [0.15, 0.2) is 0 Å². The molecule has 0 aromatic heterocycles. The van der Waals surface area contributed by atoms with E-state index in [9.17, 15) is 0 Å². The molecule has 2 saturated heterocycles. The van der Waals surface area contributed by atoms with Gasteiger partial charge in [0, 0.05) is 25.7 Å². The van der Waals surface area contributed by atoms with E-state index in [4.69, 9.17) is 5.73 Å². The first-order valence-corrected chi connectivity index (χ1v) is 5.31. The number of fused-ring (bicyclic) bond motifs is 1. The molecule has 0 aromatic carbocycles. The highest BCUT2D eigenvalue weighted by Crippen LogP contribution is 2.35. The molecule has 0 spiro atoms. The van der Waals surface area contributed by atoms with Crippen LogP contribution in [0.25, 0.3) is 0 Å². The lowest BCUT2D eigenvalue weighted by molar-refractivity contribution is 0.273. The predicted molar refractivity (Wildman–Crippen MR) is 54.6 cm³/mol. The normalized spacial score (nSPS) is 41.3. The Morgan fingerprint density at radius 2 is 2.00 bits per heavy atom. The van der Waals surface area contributed by atoms with Crippen LogP contribution in [0.5, 0.6) is 0 Å². The number of hydrogen-bond donors (Lipinski definition) is 1. The molecule has 2 N–H and O–H groups in total. The van der Waals surface area contributed by atoms with E-state index in [0.717, 1.165) is 24.4 Å². The molecular weight excluding hydrogens is 162 g/mol. The third-order valence-electron chi connectivity index (χ3n) is 3.75. The van der Waals surface area contributed by atoms with Crippen molar-refractivity contribution in [2.24, 2.45) is 17.6 Å². The Bertz CT molecular complexity index is 183. The van der Waals surface area contributed by atoms with Crippen LogP contribution in [0, 0.1) is 11.8 Å². The van der Waals surface area contributed by atoms with Gasteiger partial charge >= 0.3 is 0 Å². The second-order valence-corrected chi connectivity index (χ2v) is 4.73. The Labute approximate surface area is 80.9 Å². The largest absolute Gasteiger partial charge is 0.330 e. The molecule has 2 aliphatic heterocycles. The van der Waals surface area contributed by atoms with Gasteiger partial charge in [-0.1, -0.05) is 0 Å².